The quantitative estimate of drug-likeness (QED) is 0.274. The van der Waals surface area contributed by atoms with Crippen molar-refractivity contribution < 1.29 is 4.74 Å². The van der Waals surface area contributed by atoms with Gasteiger partial charge in [0, 0.05) is 44.3 Å². The van der Waals surface area contributed by atoms with Gasteiger partial charge < -0.3 is 20.3 Å². The highest BCUT2D eigenvalue weighted by atomic mass is 127. The zero-order chi connectivity index (χ0) is 20.6. The fourth-order valence-electron chi connectivity index (χ4n) is 3.39. The summed E-state index contributed by atoms with van der Waals surface area (Å²) in [5.41, 5.74) is 8.61. The summed E-state index contributed by atoms with van der Waals surface area (Å²) in [7, 11) is 0. The second kappa shape index (κ2) is 11.9. The Balaban J connectivity index is 0.00000272. The molecule has 8 heteroatoms. The van der Waals surface area contributed by atoms with Crippen LogP contribution in [0.2, 0.25) is 0 Å². The lowest BCUT2D eigenvalue weighted by Gasteiger charge is -2.35. The molecule has 1 aromatic heterocycles. The molecule has 4 rings (SSSR count). The van der Waals surface area contributed by atoms with E-state index in [0.29, 0.717) is 19.1 Å². The molecule has 2 heterocycles. The normalized spacial score (nSPS) is 14.3. The molecule has 1 saturated heterocycles. The van der Waals surface area contributed by atoms with Crippen LogP contribution in [-0.2, 0) is 13.0 Å². The van der Waals surface area contributed by atoms with Crippen molar-refractivity contribution in [3.05, 3.63) is 77.3 Å². The number of aliphatic imine (C=N–C) groups is 1. The predicted octanol–water partition coefficient (Wildman–Crippen LogP) is 4.02. The van der Waals surface area contributed by atoms with E-state index in [1.54, 1.807) is 11.3 Å². The highest BCUT2D eigenvalue weighted by molar-refractivity contribution is 14.0. The maximum atomic E-state index is 6.22. The monoisotopic (exact) mass is 549 g/mol. The Morgan fingerprint density at radius 2 is 1.74 bits per heavy atom. The van der Waals surface area contributed by atoms with Gasteiger partial charge in [0.25, 0.3) is 0 Å². The van der Waals surface area contributed by atoms with E-state index in [9.17, 15) is 0 Å². The Morgan fingerprint density at radius 1 is 1.00 bits per heavy atom. The van der Waals surface area contributed by atoms with Gasteiger partial charge in [-0.25, -0.2) is 4.98 Å². The number of thiazole rings is 1. The highest BCUT2D eigenvalue weighted by Crippen LogP contribution is 2.19. The van der Waals surface area contributed by atoms with Crippen molar-refractivity contribution in [3.63, 3.8) is 0 Å². The van der Waals surface area contributed by atoms with E-state index in [0.717, 1.165) is 43.5 Å². The van der Waals surface area contributed by atoms with Gasteiger partial charge in [-0.05, 0) is 29.7 Å². The molecule has 1 aliphatic rings. The summed E-state index contributed by atoms with van der Waals surface area (Å²) >= 11 is 1.68. The predicted molar refractivity (Wildman–Crippen MR) is 139 cm³/mol. The molecule has 0 spiro atoms. The van der Waals surface area contributed by atoms with E-state index in [4.69, 9.17) is 10.5 Å². The third-order valence-electron chi connectivity index (χ3n) is 5.14. The maximum Gasteiger partial charge on any atom is 0.191 e. The minimum atomic E-state index is 0. The Kier molecular flexibility index (Phi) is 8.96. The largest absolute Gasteiger partial charge is 0.489 e. The topological polar surface area (TPSA) is 67.0 Å². The van der Waals surface area contributed by atoms with Crippen molar-refractivity contribution in [1.29, 1.82) is 0 Å². The molecule has 0 amide bonds. The molecule has 1 fully saturated rings. The van der Waals surface area contributed by atoms with Crippen LogP contribution in [-0.4, -0.2) is 48.6 Å². The van der Waals surface area contributed by atoms with Crippen LogP contribution >= 0.6 is 35.3 Å². The van der Waals surface area contributed by atoms with Crippen LogP contribution in [0.15, 0.2) is 71.2 Å². The number of hydrogen-bond donors (Lipinski definition) is 1. The fourth-order valence-corrected chi connectivity index (χ4v) is 4.09. The second-order valence-electron chi connectivity index (χ2n) is 7.20. The van der Waals surface area contributed by atoms with E-state index in [2.05, 4.69) is 44.0 Å². The lowest BCUT2D eigenvalue weighted by molar-refractivity contribution is 0.306. The summed E-state index contributed by atoms with van der Waals surface area (Å²) in [5, 5.41) is 3.10. The number of piperazine rings is 1. The Bertz CT molecular complexity index is 926. The van der Waals surface area contributed by atoms with Crippen molar-refractivity contribution in [2.45, 2.75) is 13.0 Å². The zero-order valence-corrected chi connectivity index (χ0v) is 20.5. The number of halogens is 1. The first-order valence-corrected chi connectivity index (χ1v) is 11.1. The number of aromatic nitrogens is 1. The number of hydrogen-bond acceptors (Lipinski definition) is 5. The lowest BCUT2D eigenvalue weighted by atomic mass is 10.1. The Labute approximate surface area is 204 Å². The molecular weight excluding hydrogens is 521 g/mol. The number of benzene rings is 2. The number of anilines is 1. The van der Waals surface area contributed by atoms with Crippen molar-refractivity contribution in [2.75, 3.05) is 37.6 Å². The van der Waals surface area contributed by atoms with E-state index in [1.807, 2.05) is 41.9 Å². The Hall–Kier alpha value is -2.33. The SMILES string of the molecule is I.NC(=NCCc1ccc(OCc2ccccc2)cc1)N1CCN(c2nccs2)CC1. The summed E-state index contributed by atoms with van der Waals surface area (Å²) in [6.07, 6.45) is 2.71. The van der Waals surface area contributed by atoms with Gasteiger partial charge in [0.15, 0.2) is 11.1 Å². The summed E-state index contributed by atoms with van der Waals surface area (Å²) in [6, 6.07) is 18.4. The maximum absolute atomic E-state index is 6.22. The third kappa shape index (κ3) is 6.83. The molecule has 6 nitrogen and oxygen atoms in total. The van der Waals surface area contributed by atoms with E-state index in [-0.39, 0.29) is 24.0 Å². The fraction of sp³-hybridized carbons (Fsp3) is 0.304. The zero-order valence-electron chi connectivity index (χ0n) is 17.4. The first kappa shape index (κ1) is 23.3. The van der Waals surface area contributed by atoms with Crippen molar-refractivity contribution in [1.82, 2.24) is 9.88 Å². The number of ether oxygens (including phenoxy) is 1. The van der Waals surface area contributed by atoms with Crippen LogP contribution in [0.5, 0.6) is 5.75 Å². The molecule has 2 N–H and O–H groups in total. The molecule has 1 aliphatic heterocycles. The van der Waals surface area contributed by atoms with Crippen LogP contribution < -0.4 is 15.4 Å². The van der Waals surface area contributed by atoms with Gasteiger partial charge >= 0.3 is 0 Å². The minimum Gasteiger partial charge on any atom is -0.489 e. The summed E-state index contributed by atoms with van der Waals surface area (Å²) in [6.45, 7) is 4.87. The molecule has 0 aliphatic carbocycles. The van der Waals surface area contributed by atoms with Crippen molar-refractivity contribution >= 4 is 46.4 Å². The van der Waals surface area contributed by atoms with Gasteiger partial charge in [-0.2, -0.15) is 0 Å². The molecule has 164 valence electrons. The lowest BCUT2D eigenvalue weighted by Crippen LogP contribution is -2.51. The first-order chi connectivity index (χ1) is 14.8. The molecule has 3 aromatic rings. The van der Waals surface area contributed by atoms with Gasteiger partial charge in [-0.1, -0.05) is 42.5 Å². The minimum absolute atomic E-state index is 0. The van der Waals surface area contributed by atoms with Crippen LogP contribution in [0.4, 0.5) is 5.13 Å². The van der Waals surface area contributed by atoms with Crippen LogP contribution in [0, 0.1) is 0 Å². The van der Waals surface area contributed by atoms with Gasteiger partial charge in [0.05, 0.1) is 0 Å². The molecule has 0 atom stereocenters. The summed E-state index contributed by atoms with van der Waals surface area (Å²) in [4.78, 5) is 13.4. The van der Waals surface area contributed by atoms with Gasteiger partial charge in [0.2, 0.25) is 0 Å². The van der Waals surface area contributed by atoms with Crippen LogP contribution in [0.1, 0.15) is 11.1 Å². The average molecular weight is 549 g/mol. The van der Waals surface area contributed by atoms with Crippen molar-refractivity contribution in [2.24, 2.45) is 10.7 Å². The summed E-state index contributed by atoms with van der Waals surface area (Å²) < 4.78 is 5.84. The second-order valence-corrected chi connectivity index (χ2v) is 8.07. The molecule has 0 radical (unpaired) electrons. The highest BCUT2D eigenvalue weighted by Gasteiger charge is 2.19. The molecule has 0 saturated carbocycles. The standard InChI is InChI=1S/C23H27N5OS.HI/c24-22(27-13-15-28(16-14-27)23-26-12-17-30-23)25-11-10-19-6-8-21(9-7-19)29-18-20-4-2-1-3-5-20;/h1-9,12,17H,10-11,13-16,18H2,(H2,24,25);1H. The molecular formula is C23H28IN5OS. The van der Waals surface area contributed by atoms with Gasteiger partial charge in [-0.3, -0.25) is 4.99 Å². The number of nitrogens with two attached hydrogens (primary N) is 1. The van der Waals surface area contributed by atoms with Crippen LogP contribution in [0.3, 0.4) is 0 Å². The van der Waals surface area contributed by atoms with Crippen LogP contribution in [0.25, 0.3) is 0 Å². The Morgan fingerprint density at radius 3 is 2.42 bits per heavy atom. The van der Waals surface area contributed by atoms with E-state index in [1.165, 1.54) is 11.1 Å². The van der Waals surface area contributed by atoms with Crippen molar-refractivity contribution in [3.8, 4) is 5.75 Å². The molecule has 0 unspecified atom stereocenters. The first-order valence-electron chi connectivity index (χ1n) is 10.2. The van der Waals surface area contributed by atoms with E-state index >= 15 is 0 Å². The average Bonchev–Trinajstić information content (AvgIpc) is 3.34. The van der Waals surface area contributed by atoms with E-state index < -0.39 is 0 Å². The molecule has 2 aromatic carbocycles. The third-order valence-corrected chi connectivity index (χ3v) is 5.97. The number of rotatable bonds is 7. The molecule has 31 heavy (non-hydrogen) atoms. The smallest absolute Gasteiger partial charge is 0.191 e. The molecule has 0 bridgehead atoms. The van der Waals surface area contributed by atoms with Gasteiger partial charge in [0.1, 0.15) is 12.4 Å². The number of nitrogens with zero attached hydrogens (tertiary/aromatic N) is 4. The number of guanidine groups is 1. The summed E-state index contributed by atoms with van der Waals surface area (Å²) in [5.74, 6) is 1.51. The van der Waals surface area contributed by atoms with Gasteiger partial charge in [-0.15, -0.1) is 35.3 Å².